The van der Waals surface area contributed by atoms with Crippen molar-refractivity contribution in [2.45, 2.75) is 4.90 Å². The molecule has 9 heteroatoms. The molecule has 0 spiro atoms. The summed E-state index contributed by atoms with van der Waals surface area (Å²) in [6.07, 6.45) is 0. The number of anilines is 1. The lowest BCUT2D eigenvalue weighted by Crippen LogP contribution is -2.13. The van der Waals surface area contributed by atoms with Crippen molar-refractivity contribution >= 4 is 33.0 Å². The molecular formula is C13H11ClN2O5S. The number of nitrogens with zero attached hydrogens (tertiary/aromatic N) is 1. The Hall–Kier alpha value is -2.32. The number of hydrogen-bond donors (Lipinski definition) is 1. The van der Waals surface area contributed by atoms with Gasteiger partial charge in [0.05, 0.1) is 22.6 Å². The standard InChI is InChI=1S/C13H11ClN2O5S/c1-21-13-6-5-10(16(17)18)8-12(13)15-22(19,20)11-4-2-3-9(14)7-11/h2-8,15H,1H3. The first-order chi connectivity index (χ1) is 10.3. The quantitative estimate of drug-likeness (QED) is 0.665. The first-order valence-electron chi connectivity index (χ1n) is 5.94. The van der Waals surface area contributed by atoms with Crippen LogP contribution in [-0.2, 0) is 10.0 Å². The number of nitro groups is 1. The molecule has 0 radical (unpaired) electrons. The van der Waals surface area contributed by atoms with Gasteiger partial charge in [0.15, 0.2) is 0 Å². The third-order valence-corrected chi connectivity index (χ3v) is 4.34. The van der Waals surface area contributed by atoms with Gasteiger partial charge in [-0.1, -0.05) is 17.7 Å². The van der Waals surface area contributed by atoms with Crippen LogP contribution in [0.2, 0.25) is 5.02 Å². The first-order valence-corrected chi connectivity index (χ1v) is 7.80. The summed E-state index contributed by atoms with van der Waals surface area (Å²) in [4.78, 5) is 10.1. The van der Waals surface area contributed by atoms with E-state index in [9.17, 15) is 18.5 Å². The zero-order valence-corrected chi connectivity index (χ0v) is 12.9. The van der Waals surface area contributed by atoms with Crippen LogP contribution in [0.4, 0.5) is 11.4 Å². The number of benzene rings is 2. The largest absolute Gasteiger partial charge is 0.495 e. The van der Waals surface area contributed by atoms with E-state index in [0.717, 1.165) is 6.07 Å². The van der Waals surface area contributed by atoms with Gasteiger partial charge in [0.1, 0.15) is 5.75 Å². The van der Waals surface area contributed by atoms with E-state index in [-0.39, 0.29) is 27.0 Å². The normalized spacial score (nSPS) is 11.0. The zero-order valence-electron chi connectivity index (χ0n) is 11.3. The van der Waals surface area contributed by atoms with Gasteiger partial charge in [-0.3, -0.25) is 14.8 Å². The van der Waals surface area contributed by atoms with Crippen molar-refractivity contribution in [2.75, 3.05) is 11.8 Å². The Bertz CT molecular complexity index is 823. The van der Waals surface area contributed by atoms with Crippen LogP contribution in [0.1, 0.15) is 0 Å². The number of hydrogen-bond acceptors (Lipinski definition) is 5. The SMILES string of the molecule is COc1ccc([N+](=O)[O-])cc1NS(=O)(=O)c1cccc(Cl)c1. The van der Waals surface area contributed by atoms with Crippen LogP contribution in [0.15, 0.2) is 47.4 Å². The number of rotatable bonds is 5. The predicted octanol–water partition coefficient (Wildman–Crippen LogP) is 3.06. The van der Waals surface area contributed by atoms with Gasteiger partial charge < -0.3 is 4.74 Å². The predicted molar refractivity (Wildman–Crippen MR) is 81.9 cm³/mol. The Balaban J connectivity index is 2.44. The van der Waals surface area contributed by atoms with Gasteiger partial charge in [0, 0.05) is 17.2 Å². The molecule has 7 nitrogen and oxygen atoms in total. The fraction of sp³-hybridized carbons (Fsp3) is 0.0769. The summed E-state index contributed by atoms with van der Waals surface area (Å²) in [5.41, 5.74) is -0.290. The van der Waals surface area contributed by atoms with E-state index in [4.69, 9.17) is 16.3 Å². The topological polar surface area (TPSA) is 98.5 Å². The zero-order chi connectivity index (χ0) is 16.3. The average Bonchev–Trinajstić information content (AvgIpc) is 2.46. The number of halogens is 1. The van der Waals surface area contributed by atoms with Gasteiger partial charge in [-0.05, 0) is 24.3 Å². The monoisotopic (exact) mass is 342 g/mol. The minimum atomic E-state index is -3.95. The number of non-ortho nitro benzene ring substituents is 1. The second-order valence-electron chi connectivity index (χ2n) is 4.20. The third kappa shape index (κ3) is 3.46. The van der Waals surface area contributed by atoms with Crippen LogP contribution in [0.3, 0.4) is 0 Å². The summed E-state index contributed by atoms with van der Waals surface area (Å²) in [5.74, 6) is 0.163. The maximum Gasteiger partial charge on any atom is 0.271 e. The first kappa shape index (κ1) is 16.1. The van der Waals surface area contributed by atoms with Crippen molar-refractivity contribution in [3.05, 3.63) is 57.6 Å². The van der Waals surface area contributed by atoms with Crippen molar-refractivity contribution < 1.29 is 18.1 Å². The van der Waals surface area contributed by atoms with Crippen molar-refractivity contribution in [3.63, 3.8) is 0 Å². The Morgan fingerprint density at radius 3 is 2.55 bits per heavy atom. The molecule has 0 saturated heterocycles. The summed E-state index contributed by atoms with van der Waals surface area (Å²) in [7, 11) is -2.62. The van der Waals surface area contributed by atoms with Crippen LogP contribution >= 0.6 is 11.6 Å². The van der Waals surface area contributed by atoms with Gasteiger partial charge in [-0.25, -0.2) is 8.42 Å². The van der Waals surface area contributed by atoms with E-state index in [2.05, 4.69) is 4.72 Å². The highest BCUT2D eigenvalue weighted by Gasteiger charge is 2.19. The molecule has 0 aliphatic carbocycles. The van der Waals surface area contributed by atoms with Crippen LogP contribution in [0.25, 0.3) is 0 Å². The second kappa shape index (κ2) is 6.20. The van der Waals surface area contributed by atoms with Crippen molar-refractivity contribution in [2.24, 2.45) is 0 Å². The number of nitrogens with one attached hydrogen (secondary N) is 1. The molecule has 0 aliphatic heterocycles. The number of ether oxygens (including phenoxy) is 1. The Labute approximate surface area is 131 Å². The summed E-state index contributed by atoms with van der Waals surface area (Å²) >= 11 is 5.77. The van der Waals surface area contributed by atoms with Crippen LogP contribution < -0.4 is 9.46 Å². The lowest BCUT2D eigenvalue weighted by Gasteiger charge is -2.11. The molecule has 0 bridgehead atoms. The summed E-state index contributed by atoms with van der Waals surface area (Å²) in [6, 6.07) is 9.27. The van der Waals surface area contributed by atoms with Gasteiger partial charge in [0.2, 0.25) is 0 Å². The van der Waals surface area contributed by atoms with E-state index < -0.39 is 14.9 Å². The Morgan fingerprint density at radius 2 is 1.95 bits per heavy atom. The Morgan fingerprint density at radius 1 is 1.23 bits per heavy atom. The molecule has 0 saturated carbocycles. The van der Waals surface area contributed by atoms with E-state index in [1.165, 1.54) is 43.5 Å². The maximum atomic E-state index is 12.3. The molecule has 0 heterocycles. The average molecular weight is 343 g/mol. The molecule has 0 amide bonds. The smallest absolute Gasteiger partial charge is 0.271 e. The molecule has 2 aromatic rings. The molecule has 0 aliphatic rings. The molecular weight excluding hydrogens is 332 g/mol. The van der Waals surface area contributed by atoms with Crippen LogP contribution in [0.5, 0.6) is 5.75 Å². The molecule has 0 aromatic heterocycles. The highest BCUT2D eigenvalue weighted by molar-refractivity contribution is 7.92. The maximum absolute atomic E-state index is 12.3. The molecule has 2 rings (SSSR count). The van der Waals surface area contributed by atoms with Gasteiger partial charge in [-0.2, -0.15) is 0 Å². The fourth-order valence-electron chi connectivity index (χ4n) is 1.73. The third-order valence-electron chi connectivity index (χ3n) is 2.74. The second-order valence-corrected chi connectivity index (χ2v) is 6.32. The molecule has 0 unspecified atom stereocenters. The highest BCUT2D eigenvalue weighted by atomic mass is 35.5. The van der Waals surface area contributed by atoms with Crippen molar-refractivity contribution in [1.82, 2.24) is 0 Å². The van der Waals surface area contributed by atoms with Crippen LogP contribution in [-0.4, -0.2) is 20.5 Å². The minimum Gasteiger partial charge on any atom is -0.495 e. The van der Waals surface area contributed by atoms with Crippen molar-refractivity contribution in [3.8, 4) is 5.75 Å². The summed E-state index contributed by atoms with van der Waals surface area (Å²) < 4.78 is 31.9. The van der Waals surface area contributed by atoms with E-state index in [0.29, 0.717) is 0 Å². The van der Waals surface area contributed by atoms with Crippen molar-refractivity contribution in [1.29, 1.82) is 0 Å². The molecule has 0 fully saturated rings. The van der Waals surface area contributed by atoms with Gasteiger partial charge in [0.25, 0.3) is 15.7 Å². The number of methoxy groups -OCH3 is 1. The van der Waals surface area contributed by atoms with E-state index >= 15 is 0 Å². The lowest BCUT2D eigenvalue weighted by atomic mass is 10.2. The fourth-order valence-corrected chi connectivity index (χ4v) is 3.09. The van der Waals surface area contributed by atoms with Crippen LogP contribution in [0, 0.1) is 10.1 Å². The van der Waals surface area contributed by atoms with E-state index in [1.807, 2.05) is 0 Å². The molecule has 1 N–H and O–H groups in total. The highest BCUT2D eigenvalue weighted by Crippen LogP contribution is 2.31. The number of sulfonamides is 1. The summed E-state index contributed by atoms with van der Waals surface area (Å²) in [5, 5.41) is 11.1. The molecule has 0 atom stereocenters. The van der Waals surface area contributed by atoms with Gasteiger partial charge in [-0.15, -0.1) is 0 Å². The molecule has 2 aromatic carbocycles. The molecule has 22 heavy (non-hydrogen) atoms. The Kier molecular flexibility index (Phi) is 4.53. The van der Waals surface area contributed by atoms with Gasteiger partial charge >= 0.3 is 0 Å². The lowest BCUT2D eigenvalue weighted by molar-refractivity contribution is -0.384. The van der Waals surface area contributed by atoms with E-state index in [1.54, 1.807) is 0 Å². The number of nitro benzene ring substituents is 1. The molecule has 116 valence electrons. The minimum absolute atomic E-state index is 0.0309. The summed E-state index contributed by atoms with van der Waals surface area (Å²) in [6.45, 7) is 0.